The average Bonchev–Trinajstić information content (AvgIpc) is 2.31. The average molecular weight is 273 g/mol. The maximum absolute atomic E-state index is 11.6. The van der Waals surface area contributed by atoms with E-state index in [0.717, 1.165) is 0 Å². The van der Waals surface area contributed by atoms with Gasteiger partial charge < -0.3 is 14.6 Å². The van der Waals surface area contributed by atoms with E-state index in [0.29, 0.717) is 22.8 Å². The molecule has 1 aromatic rings. The van der Waals surface area contributed by atoms with Crippen LogP contribution in [0.25, 0.3) is 0 Å². The fourth-order valence-corrected chi connectivity index (χ4v) is 1.52. The second-order valence-electron chi connectivity index (χ2n) is 4.02. The zero-order valence-corrected chi connectivity index (χ0v) is 11.2. The van der Waals surface area contributed by atoms with Crippen LogP contribution in [0.4, 0.5) is 0 Å². The molecule has 0 amide bonds. The molecule has 0 saturated carbocycles. The van der Waals surface area contributed by atoms with Gasteiger partial charge in [-0.05, 0) is 32.0 Å². The minimum Gasteiger partial charge on any atom is -0.489 e. The summed E-state index contributed by atoms with van der Waals surface area (Å²) in [5.41, 5.74) is 0.369. The third-order valence-corrected chi connectivity index (χ3v) is 2.36. The van der Waals surface area contributed by atoms with Gasteiger partial charge in [-0.3, -0.25) is 0 Å². The van der Waals surface area contributed by atoms with Crippen LogP contribution < -0.4 is 4.74 Å². The lowest BCUT2D eigenvalue weighted by Gasteiger charge is -2.12. The monoisotopic (exact) mass is 272 g/mol. The van der Waals surface area contributed by atoms with Gasteiger partial charge in [-0.25, -0.2) is 4.79 Å². The summed E-state index contributed by atoms with van der Waals surface area (Å²) >= 11 is 6.01. The standard InChI is InChI=1S/C13H17ClO4/c1-9(2)18-12-5-4-10(8-11(12)14)13(16)17-7-3-6-15/h4-5,8-9,15H,3,6-7H2,1-2H3. The lowest BCUT2D eigenvalue weighted by atomic mass is 10.2. The molecule has 100 valence electrons. The van der Waals surface area contributed by atoms with E-state index in [4.69, 9.17) is 26.2 Å². The van der Waals surface area contributed by atoms with Crippen molar-refractivity contribution in [3.05, 3.63) is 28.8 Å². The summed E-state index contributed by atoms with van der Waals surface area (Å²) in [4.78, 5) is 11.6. The molecule has 0 aliphatic carbocycles. The lowest BCUT2D eigenvalue weighted by molar-refractivity contribution is 0.0482. The van der Waals surface area contributed by atoms with Gasteiger partial charge in [0.1, 0.15) is 5.75 Å². The van der Waals surface area contributed by atoms with E-state index < -0.39 is 5.97 Å². The Kier molecular flexibility index (Phi) is 5.95. The molecule has 5 heteroatoms. The Bertz CT molecular complexity index is 404. The fourth-order valence-electron chi connectivity index (χ4n) is 1.29. The van der Waals surface area contributed by atoms with Crippen molar-refractivity contribution >= 4 is 17.6 Å². The number of esters is 1. The molecule has 1 aromatic carbocycles. The Labute approximate surface area is 111 Å². The molecule has 1 N–H and O–H groups in total. The van der Waals surface area contributed by atoms with E-state index in [9.17, 15) is 4.79 Å². The van der Waals surface area contributed by atoms with Crippen molar-refractivity contribution < 1.29 is 19.4 Å². The van der Waals surface area contributed by atoms with Crippen LogP contribution in [0.3, 0.4) is 0 Å². The van der Waals surface area contributed by atoms with Gasteiger partial charge in [0.15, 0.2) is 0 Å². The lowest BCUT2D eigenvalue weighted by Crippen LogP contribution is -2.09. The number of carbonyl (C=O) groups is 1. The Morgan fingerprint density at radius 3 is 2.72 bits per heavy atom. The molecule has 0 spiro atoms. The summed E-state index contributed by atoms with van der Waals surface area (Å²) in [6.07, 6.45) is 0.443. The van der Waals surface area contributed by atoms with Gasteiger partial charge in [-0.1, -0.05) is 11.6 Å². The molecule has 0 aromatic heterocycles. The van der Waals surface area contributed by atoms with Crippen molar-refractivity contribution in [2.75, 3.05) is 13.2 Å². The molecule has 0 fully saturated rings. The first-order chi connectivity index (χ1) is 8.54. The van der Waals surface area contributed by atoms with Gasteiger partial charge in [0.2, 0.25) is 0 Å². The molecule has 0 aliphatic rings. The van der Waals surface area contributed by atoms with Crippen molar-refractivity contribution in [2.45, 2.75) is 26.4 Å². The Balaban J connectivity index is 2.68. The zero-order chi connectivity index (χ0) is 13.5. The van der Waals surface area contributed by atoms with E-state index in [1.54, 1.807) is 12.1 Å². The van der Waals surface area contributed by atoms with Gasteiger partial charge in [0.05, 0.1) is 23.3 Å². The zero-order valence-electron chi connectivity index (χ0n) is 10.5. The smallest absolute Gasteiger partial charge is 0.338 e. The number of rotatable bonds is 6. The van der Waals surface area contributed by atoms with Gasteiger partial charge in [-0.2, -0.15) is 0 Å². The fraction of sp³-hybridized carbons (Fsp3) is 0.462. The van der Waals surface area contributed by atoms with Crippen LogP contribution in [0.1, 0.15) is 30.6 Å². The van der Waals surface area contributed by atoms with Crippen molar-refractivity contribution in [3.63, 3.8) is 0 Å². The Morgan fingerprint density at radius 1 is 1.44 bits per heavy atom. The summed E-state index contributed by atoms with van der Waals surface area (Å²) in [6, 6.07) is 4.76. The number of halogens is 1. The molecular formula is C13H17ClO4. The van der Waals surface area contributed by atoms with E-state index in [1.165, 1.54) is 6.07 Å². The molecule has 1 rings (SSSR count). The topological polar surface area (TPSA) is 55.8 Å². The molecule has 0 radical (unpaired) electrons. The first kappa shape index (κ1) is 14.8. The van der Waals surface area contributed by atoms with E-state index >= 15 is 0 Å². The van der Waals surface area contributed by atoms with Crippen LogP contribution >= 0.6 is 11.6 Å². The predicted octanol–water partition coefficient (Wildman–Crippen LogP) is 2.67. The maximum atomic E-state index is 11.6. The number of hydrogen-bond acceptors (Lipinski definition) is 4. The van der Waals surface area contributed by atoms with Crippen molar-refractivity contribution in [2.24, 2.45) is 0 Å². The number of benzene rings is 1. The van der Waals surface area contributed by atoms with Crippen LogP contribution in [0.2, 0.25) is 5.02 Å². The second-order valence-corrected chi connectivity index (χ2v) is 4.43. The second kappa shape index (κ2) is 7.24. The molecular weight excluding hydrogens is 256 g/mol. The highest BCUT2D eigenvalue weighted by Gasteiger charge is 2.11. The molecule has 0 aliphatic heterocycles. The molecule has 0 bridgehead atoms. The van der Waals surface area contributed by atoms with Gasteiger partial charge in [-0.15, -0.1) is 0 Å². The number of aliphatic hydroxyl groups is 1. The quantitative estimate of drug-likeness (QED) is 0.639. The van der Waals surface area contributed by atoms with E-state index in [2.05, 4.69) is 0 Å². The summed E-state index contributed by atoms with van der Waals surface area (Å²) in [5, 5.41) is 8.96. The summed E-state index contributed by atoms with van der Waals surface area (Å²) < 4.78 is 10.4. The molecule has 0 heterocycles. The number of ether oxygens (including phenoxy) is 2. The van der Waals surface area contributed by atoms with E-state index in [-0.39, 0.29) is 19.3 Å². The maximum Gasteiger partial charge on any atom is 0.338 e. The highest BCUT2D eigenvalue weighted by molar-refractivity contribution is 6.32. The van der Waals surface area contributed by atoms with Crippen LogP contribution in [0.5, 0.6) is 5.75 Å². The summed E-state index contributed by atoms with van der Waals surface area (Å²) in [7, 11) is 0. The summed E-state index contributed by atoms with van der Waals surface area (Å²) in [6.45, 7) is 3.98. The van der Waals surface area contributed by atoms with Crippen molar-refractivity contribution in [1.29, 1.82) is 0 Å². The molecule has 0 unspecified atom stereocenters. The normalized spacial score (nSPS) is 10.5. The number of hydrogen-bond donors (Lipinski definition) is 1. The molecule has 0 saturated heterocycles. The van der Waals surface area contributed by atoms with Gasteiger partial charge in [0, 0.05) is 13.0 Å². The van der Waals surface area contributed by atoms with E-state index in [1.807, 2.05) is 13.8 Å². The number of aliphatic hydroxyl groups excluding tert-OH is 1. The first-order valence-corrected chi connectivity index (χ1v) is 6.16. The largest absolute Gasteiger partial charge is 0.489 e. The van der Waals surface area contributed by atoms with Gasteiger partial charge in [0.25, 0.3) is 0 Å². The van der Waals surface area contributed by atoms with Crippen LogP contribution in [-0.2, 0) is 4.74 Å². The Morgan fingerprint density at radius 2 is 2.17 bits per heavy atom. The van der Waals surface area contributed by atoms with Crippen LogP contribution in [0, 0.1) is 0 Å². The van der Waals surface area contributed by atoms with Crippen molar-refractivity contribution in [1.82, 2.24) is 0 Å². The van der Waals surface area contributed by atoms with Crippen LogP contribution in [0.15, 0.2) is 18.2 Å². The third kappa shape index (κ3) is 4.55. The minimum atomic E-state index is -0.457. The van der Waals surface area contributed by atoms with Gasteiger partial charge >= 0.3 is 5.97 Å². The highest BCUT2D eigenvalue weighted by Crippen LogP contribution is 2.26. The number of carbonyl (C=O) groups excluding carboxylic acids is 1. The third-order valence-electron chi connectivity index (χ3n) is 2.07. The summed E-state index contributed by atoms with van der Waals surface area (Å²) in [5.74, 6) is 0.0834. The Hall–Kier alpha value is -1.26. The minimum absolute atomic E-state index is 0.00476. The predicted molar refractivity (Wildman–Crippen MR) is 69.2 cm³/mol. The SMILES string of the molecule is CC(C)Oc1ccc(C(=O)OCCCO)cc1Cl. The first-order valence-electron chi connectivity index (χ1n) is 5.78. The molecule has 0 atom stereocenters. The molecule has 4 nitrogen and oxygen atoms in total. The molecule has 18 heavy (non-hydrogen) atoms. The van der Waals surface area contributed by atoms with Crippen molar-refractivity contribution in [3.8, 4) is 5.75 Å². The highest BCUT2D eigenvalue weighted by atomic mass is 35.5. The van der Waals surface area contributed by atoms with Crippen LogP contribution in [-0.4, -0.2) is 30.4 Å².